The maximum atomic E-state index is 5.67. The molecule has 1 aliphatic rings. The topological polar surface area (TPSA) is 30.7 Å². The summed E-state index contributed by atoms with van der Waals surface area (Å²) in [6.07, 6.45) is 0. The van der Waals surface area contributed by atoms with Crippen LogP contribution in [0.5, 0.6) is 0 Å². The Morgan fingerprint density at radius 1 is 0.407 bits per heavy atom. The molecule has 0 aliphatic heterocycles. The zero-order valence-electron chi connectivity index (χ0n) is 30.1. The lowest BCUT2D eigenvalue weighted by molar-refractivity contribution is 0.660. The van der Waals surface area contributed by atoms with E-state index >= 15 is 0 Å². The molecule has 0 spiro atoms. The van der Waals surface area contributed by atoms with Crippen LogP contribution in [-0.4, -0.2) is 14.5 Å². The molecule has 0 bridgehead atoms. The van der Waals surface area contributed by atoms with Crippen LogP contribution in [0, 0.1) is 0 Å². The highest BCUT2D eigenvalue weighted by atomic mass is 15.1. The number of para-hydroxylation sites is 1. The number of aromatic nitrogens is 3. The summed E-state index contributed by atoms with van der Waals surface area (Å²) in [7, 11) is 0. The van der Waals surface area contributed by atoms with Gasteiger partial charge in [0.25, 0.3) is 0 Å². The molecule has 10 aromatic rings. The van der Waals surface area contributed by atoms with Gasteiger partial charge in [-0.3, -0.25) is 4.57 Å². The van der Waals surface area contributed by atoms with Crippen molar-refractivity contribution in [3.05, 3.63) is 187 Å². The number of nitrogens with zero attached hydrogens (tertiary/aromatic N) is 3. The molecule has 0 fully saturated rings. The second-order valence-corrected chi connectivity index (χ2v) is 15.0. The van der Waals surface area contributed by atoms with Gasteiger partial charge in [-0.15, -0.1) is 0 Å². The van der Waals surface area contributed by atoms with E-state index in [2.05, 4.69) is 194 Å². The first-order valence-corrected chi connectivity index (χ1v) is 18.7. The van der Waals surface area contributed by atoms with Crippen LogP contribution < -0.4 is 0 Å². The number of hydrogen-bond donors (Lipinski definition) is 0. The van der Waals surface area contributed by atoms with Crippen molar-refractivity contribution in [3.63, 3.8) is 0 Å². The summed E-state index contributed by atoms with van der Waals surface area (Å²) in [5.74, 6) is 0.823. The van der Waals surface area contributed by atoms with E-state index in [4.69, 9.17) is 9.97 Å². The molecule has 1 aliphatic carbocycles. The van der Waals surface area contributed by atoms with E-state index in [-0.39, 0.29) is 5.41 Å². The summed E-state index contributed by atoms with van der Waals surface area (Å²) in [5.41, 5.74) is 15.5. The van der Waals surface area contributed by atoms with Gasteiger partial charge in [-0.05, 0) is 91.7 Å². The zero-order chi connectivity index (χ0) is 36.0. The van der Waals surface area contributed by atoms with Crippen LogP contribution in [0.2, 0.25) is 0 Å². The summed E-state index contributed by atoms with van der Waals surface area (Å²) < 4.78 is 2.35. The Morgan fingerprint density at radius 3 is 1.74 bits per heavy atom. The Morgan fingerprint density at radius 2 is 1.00 bits per heavy atom. The standard InChI is InChI=1S/C51H35N3/c1-51(2)43-23-13-11-21-37(43)38-26-25-36(28-44(38)51)49-50(54-47-24-14-12-22-39(47)42-27-34-19-9-10-20-35(34)29-48(42)54)53-46-31-41(33-17-7-4-8-18-33)40(30-45(46)52-49)32-15-5-3-6-16-32/h3-31H,1-2H3. The minimum atomic E-state index is -0.150. The fraction of sp³-hybridized carbons (Fsp3) is 0.0588. The van der Waals surface area contributed by atoms with E-state index in [1.54, 1.807) is 0 Å². The molecule has 254 valence electrons. The van der Waals surface area contributed by atoms with Gasteiger partial charge in [0.05, 0.1) is 22.1 Å². The van der Waals surface area contributed by atoms with Crippen molar-refractivity contribution >= 4 is 43.6 Å². The lowest BCUT2D eigenvalue weighted by atomic mass is 9.82. The molecule has 0 unspecified atom stereocenters. The van der Waals surface area contributed by atoms with Crippen molar-refractivity contribution in [1.82, 2.24) is 14.5 Å². The van der Waals surface area contributed by atoms with E-state index in [0.717, 1.165) is 61.4 Å². The first kappa shape index (κ1) is 30.8. The van der Waals surface area contributed by atoms with Gasteiger partial charge in [-0.25, -0.2) is 9.97 Å². The maximum Gasteiger partial charge on any atom is 0.165 e. The molecule has 0 radical (unpaired) electrons. The summed E-state index contributed by atoms with van der Waals surface area (Å²) in [6, 6.07) is 63.4. The Kier molecular flexibility index (Phi) is 6.60. The first-order chi connectivity index (χ1) is 26.5. The fourth-order valence-corrected chi connectivity index (χ4v) is 8.89. The largest absolute Gasteiger partial charge is 0.292 e. The molecule has 0 saturated carbocycles. The third-order valence-electron chi connectivity index (χ3n) is 11.6. The van der Waals surface area contributed by atoms with Crippen LogP contribution >= 0.6 is 0 Å². The highest BCUT2D eigenvalue weighted by Crippen LogP contribution is 2.50. The van der Waals surface area contributed by atoms with Crippen LogP contribution in [0.25, 0.3) is 94.1 Å². The summed E-state index contributed by atoms with van der Waals surface area (Å²) >= 11 is 0. The van der Waals surface area contributed by atoms with E-state index in [1.165, 1.54) is 43.8 Å². The predicted octanol–water partition coefficient (Wildman–Crippen LogP) is 13.2. The summed E-state index contributed by atoms with van der Waals surface area (Å²) in [6.45, 7) is 4.67. The molecule has 0 saturated heterocycles. The quantitative estimate of drug-likeness (QED) is 0.184. The molecule has 3 nitrogen and oxygen atoms in total. The Balaban J connectivity index is 1.25. The Hall–Kier alpha value is -6.84. The molecule has 2 aromatic heterocycles. The van der Waals surface area contributed by atoms with Gasteiger partial charge in [-0.2, -0.15) is 0 Å². The highest BCUT2D eigenvalue weighted by molar-refractivity contribution is 6.14. The van der Waals surface area contributed by atoms with Gasteiger partial charge < -0.3 is 0 Å². The van der Waals surface area contributed by atoms with Crippen LogP contribution in [0.3, 0.4) is 0 Å². The molecule has 0 amide bonds. The van der Waals surface area contributed by atoms with Gasteiger partial charge in [0.15, 0.2) is 5.82 Å². The van der Waals surface area contributed by atoms with Gasteiger partial charge in [0, 0.05) is 21.8 Å². The molecule has 54 heavy (non-hydrogen) atoms. The second kappa shape index (κ2) is 11.6. The molecular weight excluding hydrogens is 655 g/mol. The van der Waals surface area contributed by atoms with Crippen LogP contribution in [0.4, 0.5) is 0 Å². The van der Waals surface area contributed by atoms with Gasteiger partial charge >= 0.3 is 0 Å². The van der Waals surface area contributed by atoms with Gasteiger partial charge in [0.2, 0.25) is 0 Å². The molecule has 0 atom stereocenters. The average molecular weight is 690 g/mol. The molecule has 8 aromatic carbocycles. The van der Waals surface area contributed by atoms with E-state index in [0.29, 0.717) is 0 Å². The smallest absolute Gasteiger partial charge is 0.165 e. The van der Waals surface area contributed by atoms with Crippen molar-refractivity contribution < 1.29 is 0 Å². The lowest BCUT2D eigenvalue weighted by Crippen LogP contribution is -2.15. The normalized spacial score (nSPS) is 13.1. The Labute approximate surface area is 313 Å². The monoisotopic (exact) mass is 689 g/mol. The number of benzene rings is 8. The van der Waals surface area contributed by atoms with Crippen molar-refractivity contribution in [3.8, 4) is 50.5 Å². The fourth-order valence-electron chi connectivity index (χ4n) is 8.89. The number of hydrogen-bond acceptors (Lipinski definition) is 2. The molecule has 11 rings (SSSR count). The predicted molar refractivity (Wildman–Crippen MR) is 225 cm³/mol. The second-order valence-electron chi connectivity index (χ2n) is 15.0. The molecule has 2 heterocycles. The van der Waals surface area contributed by atoms with E-state index in [9.17, 15) is 0 Å². The van der Waals surface area contributed by atoms with Gasteiger partial charge in [-0.1, -0.05) is 153 Å². The minimum Gasteiger partial charge on any atom is -0.292 e. The highest BCUT2D eigenvalue weighted by Gasteiger charge is 2.35. The molecule has 0 N–H and O–H groups in total. The third kappa shape index (κ3) is 4.55. The molecule has 3 heteroatoms. The maximum absolute atomic E-state index is 5.67. The molecular formula is C51H35N3. The number of fused-ring (bicyclic) bond motifs is 8. The van der Waals surface area contributed by atoms with Crippen LogP contribution in [0.1, 0.15) is 25.0 Å². The van der Waals surface area contributed by atoms with Crippen molar-refractivity contribution in [2.75, 3.05) is 0 Å². The Bertz CT molecular complexity index is 3120. The number of rotatable bonds is 4. The SMILES string of the molecule is CC1(C)c2ccccc2-c2ccc(-c3nc4cc(-c5ccccc5)c(-c5ccccc5)cc4nc3-n3c4ccccc4c4cc5ccccc5cc43)cc21. The zero-order valence-corrected chi connectivity index (χ0v) is 30.1. The van der Waals surface area contributed by atoms with Gasteiger partial charge in [0.1, 0.15) is 5.69 Å². The summed E-state index contributed by atoms with van der Waals surface area (Å²) in [5, 5.41) is 4.81. The van der Waals surface area contributed by atoms with E-state index < -0.39 is 0 Å². The van der Waals surface area contributed by atoms with Crippen molar-refractivity contribution in [2.45, 2.75) is 19.3 Å². The lowest BCUT2D eigenvalue weighted by Gasteiger charge is -2.22. The van der Waals surface area contributed by atoms with Crippen LogP contribution in [-0.2, 0) is 5.41 Å². The summed E-state index contributed by atoms with van der Waals surface area (Å²) in [4.78, 5) is 11.3. The third-order valence-corrected chi connectivity index (χ3v) is 11.6. The van der Waals surface area contributed by atoms with Crippen LogP contribution in [0.15, 0.2) is 176 Å². The van der Waals surface area contributed by atoms with E-state index in [1.807, 2.05) is 0 Å². The van der Waals surface area contributed by atoms with Crippen molar-refractivity contribution in [2.24, 2.45) is 0 Å². The first-order valence-electron chi connectivity index (χ1n) is 18.7. The van der Waals surface area contributed by atoms with Crippen molar-refractivity contribution in [1.29, 1.82) is 0 Å². The minimum absolute atomic E-state index is 0.150. The average Bonchev–Trinajstić information content (AvgIpc) is 3.66.